The molecule has 3 aromatic rings. The number of aromatic nitrogens is 2. The van der Waals surface area contributed by atoms with E-state index in [0.29, 0.717) is 0 Å². The third-order valence-corrected chi connectivity index (χ3v) is 6.09. The number of carbonyl (C=O) groups excluding carboxylic acids is 2. The van der Waals surface area contributed by atoms with Crippen LogP contribution in [-0.2, 0) is 21.3 Å². The Morgan fingerprint density at radius 3 is 2.23 bits per heavy atom. The second-order valence-corrected chi connectivity index (χ2v) is 8.22. The molecule has 0 bridgehead atoms. The smallest absolute Gasteiger partial charge is 0.407 e. The predicted octanol–water partition coefficient (Wildman–Crippen LogP) is 3.00. The van der Waals surface area contributed by atoms with Crippen molar-refractivity contribution in [3.63, 3.8) is 0 Å². The summed E-state index contributed by atoms with van der Waals surface area (Å²) in [6, 6.07) is 16.1. The number of methoxy groups -OCH3 is 1. The lowest BCUT2D eigenvalue weighted by Crippen LogP contribution is -2.51. The van der Waals surface area contributed by atoms with Crippen molar-refractivity contribution >= 4 is 23.8 Å². The van der Waals surface area contributed by atoms with E-state index in [0.717, 1.165) is 26.9 Å². The van der Waals surface area contributed by atoms with Gasteiger partial charge in [0.15, 0.2) is 5.82 Å². The standard InChI is InChI=1S/C25H26N4O6/c1-14(34-3)22(23(30)26-21-12-20(24(31)32)29(2)28-21)27-25(33)35-13-19-17-10-6-4-8-15(17)16-9-5-7-11-18(16)19/h4-12,14,19,22H,13H2,1-3H3,(H,27,33)(H,31,32)(H,26,28,30). The number of nitrogens with one attached hydrogen (secondary N) is 2. The zero-order valence-corrected chi connectivity index (χ0v) is 19.5. The van der Waals surface area contributed by atoms with Crippen molar-refractivity contribution in [1.82, 2.24) is 15.1 Å². The molecule has 35 heavy (non-hydrogen) atoms. The van der Waals surface area contributed by atoms with Gasteiger partial charge in [0.25, 0.3) is 5.91 Å². The summed E-state index contributed by atoms with van der Waals surface area (Å²) in [7, 11) is 2.86. The Morgan fingerprint density at radius 2 is 1.69 bits per heavy atom. The summed E-state index contributed by atoms with van der Waals surface area (Å²) in [6.45, 7) is 1.72. The van der Waals surface area contributed by atoms with E-state index in [9.17, 15) is 19.5 Å². The maximum absolute atomic E-state index is 12.9. The van der Waals surface area contributed by atoms with E-state index in [1.807, 2.05) is 48.5 Å². The van der Waals surface area contributed by atoms with Gasteiger partial charge in [-0.15, -0.1) is 0 Å². The molecule has 1 aromatic heterocycles. The first-order chi connectivity index (χ1) is 16.8. The predicted molar refractivity (Wildman–Crippen MR) is 127 cm³/mol. The minimum Gasteiger partial charge on any atom is -0.477 e. The fourth-order valence-electron chi connectivity index (χ4n) is 4.23. The molecule has 1 aliphatic carbocycles. The Hall–Kier alpha value is -4.18. The molecule has 3 N–H and O–H groups in total. The first-order valence-corrected chi connectivity index (χ1v) is 11.0. The largest absolute Gasteiger partial charge is 0.477 e. The van der Waals surface area contributed by atoms with E-state index >= 15 is 0 Å². The number of rotatable bonds is 8. The Bertz CT molecular complexity index is 1220. The van der Waals surface area contributed by atoms with Crippen LogP contribution < -0.4 is 10.6 Å². The minimum absolute atomic E-state index is 0.0394. The van der Waals surface area contributed by atoms with Crippen LogP contribution in [-0.4, -0.2) is 58.7 Å². The summed E-state index contributed by atoms with van der Waals surface area (Å²) >= 11 is 0. The number of aryl methyl sites for hydroxylation is 1. The molecule has 4 rings (SSSR count). The van der Waals surface area contributed by atoms with E-state index in [1.165, 1.54) is 20.2 Å². The molecule has 0 spiro atoms. The maximum atomic E-state index is 12.9. The molecule has 1 aliphatic rings. The molecular formula is C25H26N4O6. The molecule has 0 aliphatic heterocycles. The lowest BCUT2D eigenvalue weighted by molar-refractivity contribution is -0.121. The zero-order valence-electron chi connectivity index (χ0n) is 19.5. The van der Waals surface area contributed by atoms with Gasteiger partial charge in [0.2, 0.25) is 0 Å². The van der Waals surface area contributed by atoms with Gasteiger partial charge in [-0.3, -0.25) is 9.48 Å². The van der Waals surface area contributed by atoms with Crippen molar-refractivity contribution in [2.75, 3.05) is 19.0 Å². The fraction of sp³-hybridized carbons (Fsp3) is 0.280. The Labute approximate surface area is 201 Å². The first-order valence-electron chi connectivity index (χ1n) is 11.0. The van der Waals surface area contributed by atoms with Crippen molar-refractivity contribution in [2.45, 2.75) is 25.0 Å². The number of nitrogens with zero attached hydrogens (tertiary/aromatic N) is 2. The number of amides is 2. The highest BCUT2D eigenvalue weighted by atomic mass is 16.5. The monoisotopic (exact) mass is 478 g/mol. The molecule has 2 aromatic carbocycles. The van der Waals surface area contributed by atoms with Crippen LogP contribution in [0, 0.1) is 0 Å². The van der Waals surface area contributed by atoms with E-state index < -0.39 is 30.1 Å². The van der Waals surface area contributed by atoms with E-state index in [2.05, 4.69) is 15.7 Å². The van der Waals surface area contributed by atoms with Gasteiger partial charge in [0.05, 0.1) is 6.10 Å². The van der Waals surface area contributed by atoms with Crippen LogP contribution in [0.3, 0.4) is 0 Å². The van der Waals surface area contributed by atoms with E-state index in [4.69, 9.17) is 9.47 Å². The summed E-state index contributed by atoms with van der Waals surface area (Å²) in [4.78, 5) is 36.8. The molecule has 1 heterocycles. The first kappa shape index (κ1) is 24.0. The topological polar surface area (TPSA) is 132 Å². The maximum Gasteiger partial charge on any atom is 0.407 e. The molecule has 182 valence electrons. The molecule has 2 amide bonds. The molecule has 0 saturated carbocycles. The molecule has 0 fully saturated rings. The molecule has 2 atom stereocenters. The molecule has 0 saturated heterocycles. The van der Waals surface area contributed by atoms with Crippen LogP contribution in [0.25, 0.3) is 11.1 Å². The molecule has 10 heteroatoms. The number of hydrogen-bond acceptors (Lipinski definition) is 6. The number of hydrogen-bond donors (Lipinski definition) is 3. The van der Waals surface area contributed by atoms with E-state index in [1.54, 1.807) is 6.92 Å². The molecule has 10 nitrogen and oxygen atoms in total. The normalized spacial score (nSPS) is 13.9. The Morgan fingerprint density at radius 1 is 1.09 bits per heavy atom. The van der Waals surface area contributed by atoms with Crippen molar-refractivity contribution in [3.8, 4) is 11.1 Å². The van der Waals surface area contributed by atoms with Gasteiger partial charge < -0.3 is 25.2 Å². The van der Waals surface area contributed by atoms with Crippen LogP contribution in [0.15, 0.2) is 54.6 Å². The lowest BCUT2D eigenvalue weighted by Gasteiger charge is -2.23. The third kappa shape index (κ3) is 4.87. The van der Waals surface area contributed by atoms with Crippen molar-refractivity contribution in [2.24, 2.45) is 7.05 Å². The summed E-state index contributed by atoms with van der Waals surface area (Å²) in [5, 5.41) is 18.2. The third-order valence-electron chi connectivity index (χ3n) is 6.09. The molecular weight excluding hydrogens is 452 g/mol. The van der Waals surface area contributed by atoms with Gasteiger partial charge in [0, 0.05) is 26.1 Å². The van der Waals surface area contributed by atoms with Gasteiger partial charge in [-0.25, -0.2) is 9.59 Å². The van der Waals surface area contributed by atoms with Crippen LogP contribution >= 0.6 is 0 Å². The van der Waals surface area contributed by atoms with Crippen LogP contribution in [0.4, 0.5) is 10.6 Å². The Balaban J connectivity index is 1.44. The number of ether oxygens (including phenoxy) is 2. The number of carboxylic acid groups (broad SMARTS) is 1. The van der Waals surface area contributed by atoms with Crippen molar-refractivity contribution < 1.29 is 29.0 Å². The van der Waals surface area contributed by atoms with Gasteiger partial charge in [0.1, 0.15) is 18.3 Å². The molecule has 2 unspecified atom stereocenters. The van der Waals surface area contributed by atoms with Crippen LogP contribution in [0.2, 0.25) is 0 Å². The summed E-state index contributed by atoms with van der Waals surface area (Å²) < 4.78 is 11.9. The second kappa shape index (κ2) is 9.98. The van der Waals surface area contributed by atoms with Gasteiger partial charge >= 0.3 is 12.1 Å². The number of anilines is 1. The molecule has 0 radical (unpaired) electrons. The Kier molecular flexibility index (Phi) is 6.83. The number of aromatic carboxylic acids is 1. The van der Waals surface area contributed by atoms with Gasteiger partial charge in [-0.2, -0.15) is 5.10 Å². The SMILES string of the molecule is COC(C)C(NC(=O)OCC1c2ccccc2-c2ccccc21)C(=O)Nc1cc(C(=O)O)n(C)n1. The fourth-order valence-corrected chi connectivity index (χ4v) is 4.23. The number of carbonyl (C=O) groups is 3. The summed E-state index contributed by atoms with van der Waals surface area (Å²) in [5.74, 6) is -1.89. The highest BCUT2D eigenvalue weighted by Gasteiger charge is 2.31. The minimum atomic E-state index is -1.18. The number of carboxylic acids is 1. The van der Waals surface area contributed by atoms with Gasteiger partial charge in [-0.1, -0.05) is 48.5 Å². The van der Waals surface area contributed by atoms with Crippen molar-refractivity contribution in [1.29, 1.82) is 0 Å². The van der Waals surface area contributed by atoms with E-state index in [-0.39, 0.29) is 24.0 Å². The number of benzene rings is 2. The highest BCUT2D eigenvalue weighted by molar-refractivity contribution is 5.97. The highest BCUT2D eigenvalue weighted by Crippen LogP contribution is 2.44. The summed E-state index contributed by atoms with van der Waals surface area (Å²) in [6.07, 6.45) is -1.47. The summed E-state index contributed by atoms with van der Waals surface area (Å²) in [5.41, 5.74) is 4.27. The lowest BCUT2D eigenvalue weighted by atomic mass is 9.98. The number of fused-ring (bicyclic) bond motifs is 3. The number of alkyl carbamates (subject to hydrolysis) is 1. The quantitative estimate of drug-likeness (QED) is 0.453. The van der Waals surface area contributed by atoms with Crippen molar-refractivity contribution in [3.05, 3.63) is 71.4 Å². The average molecular weight is 479 g/mol. The van der Waals surface area contributed by atoms with Gasteiger partial charge in [-0.05, 0) is 29.2 Å². The zero-order chi connectivity index (χ0) is 25.1. The second-order valence-electron chi connectivity index (χ2n) is 8.22. The average Bonchev–Trinajstić information content (AvgIpc) is 3.38. The van der Waals surface area contributed by atoms with Crippen LogP contribution in [0.1, 0.15) is 34.5 Å². The van der Waals surface area contributed by atoms with Crippen LogP contribution in [0.5, 0.6) is 0 Å².